The molecule has 1 aliphatic rings. The lowest BCUT2D eigenvalue weighted by atomic mass is 10.1. The standard InChI is InChI=1S/C13H16N2O2S/c1-8-7-9(4-5-11(8)16)13(17)15-6-2-3-10(15)12(14)18/h4-5,7,10,16H,2-3,6H2,1H3,(H2,14,18). The van der Waals surface area contributed by atoms with Crippen LogP contribution in [-0.2, 0) is 0 Å². The third-order valence-corrected chi connectivity index (χ3v) is 3.56. The summed E-state index contributed by atoms with van der Waals surface area (Å²) in [4.78, 5) is 14.4. The van der Waals surface area contributed by atoms with Crippen LogP contribution < -0.4 is 5.73 Å². The largest absolute Gasteiger partial charge is 0.508 e. The number of phenolic OH excluding ortho intramolecular Hbond substituents is 1. The number of hydrogen-bond acceptors (Lipinski definition) is 3. The lowest BCUT2D eigenvalue weighted by Crippen LogP contribution is -2.42. The quantitative estimate of drug-likeness (QED) is 0.796. The second-order valence-corrected chi connectivity index (χ2v) is 5.03. The number of benzene rings is 1. The molecule has 0 radical (unpaired) electrons. The van der Waals surface area contributed by atoms with Crippen LogP contribution in [0.5, 0.6) is 5.75 Å². The molecule has 1 saturated heterocycles. The summed E-state index contributed by atoms with van der Waals surface area (Å²) < 4.78 is 0. The number of rotatable bonds is 2. The zero-order valence-corrected chi connectivity index (χ0v) is 11.0. The lowest BCUT2D eigenvalue weighted by Gasteiger charge is -2.24. The van der Waals surface area contributed by atoms with E-state index < -0.39 is 0 Å². The van der Waals surface area contributed by atoms with Gasteiger partial charge in [0, 0.05) is 12.1 Å². The van der Waals surface area contributed by atoms with Crippen LogP contribution >= 0.6 is 12.2 Å². The van der Waals surface area contributed by atoms with Gasteiger partial charge in [-0.3, -0.25) is 4.79 Å². The SMILES string of the molecule is Cc1cc(C(=O)N2CCCC2C(N)=S)ccc1O. The van der Waals surface area contributed by atoms with Gasteiger partial charge >= 0.3 is 0 Å². The van der Waals surface area contributed by atoms with Crippen molar-refractivity contribution in [2.24, 2.45) is 5.73 Å². The number of thiocarbonyl (C=S) groups is 1. The molecule has 3 N–H and O–H groups in total. The van der Waals surface area contributed by atoms with E-state index >= 15 is 0 Å². The smallest absolute Gasteiger partial charge is 0.254 e. The van der Waals surface area contributed by atoms with Gasteiger partial charge in [0.2, 0.25) is 0 Å². The van der Waals surface area contributed by atoms with Crippen molar-refractivity contribution in [3.05, 3.63) is 29.3 Å². The molecule has 2 rings (SSSR count). The third kappa shape index (κ3) is 2.31. The number of hydrogen-bond donors (Lipinski definition) is 2. The molecule has 0 aromatic heterocycles. The Morgan fingerprint density at radius 1 is 1.56 bits per heavy atom. The molecule has 1 aliphatic heterocycles. The molecule has 0 spiro atoms. The Balaban J connectivity index is 2.25. The normalized spacial score (nSPS) is 18.9. The Hall–Kier alpha value is -1.62. The van der Waals surface area contributed by atoms with E-state index in [1.165, 1.54) is 6.07 Å². The molecule has 18 heavy (non-hydrogen) atoms. The molecule has 1 fully saturated rings. The molecule has 5 heteroatoms. The van der Waals surface area contributed by atoms with Gasteiger partial charge in [-0.25, -0.2) is 0 Å². The molecule has 1 amide bonds. The fourth-order valence-electron chi connectivity index (χ4n) is 2.26. The number of aromatic hydroxyl groups is 1. The summed E-state index contributed by atoms with van der Waals surface area (Å²) in [7, 11) is 0. The summed E-state index contributed by atoms with van der Waals surface area (Å²) in [5, 5.41) is 9.47. The fourth-order valence-corrected chi connectivity index (χ4v) is 2.50. The molecule has 1 aromatic carbocycles. The van der Waals surface area contributed by atoms with E-state index in [-0.39, 0.29) is 17.7 Å². The van der Waals surface area contributed by atoms with Crippen molar-refractivity contribution < 1.29 is 9.90 Å². The van der Waals surface area contributed by atoms with E-state index in [4.69, 9.17) is 18.0 Å². The second-order valence-electron chi connectivity index (χ2n) is 4.56. The topological polar surface area (TPSA) is 66.6 Å². The first-order valence-electron chi connectivity index (χ1n) is 5.90. The van der Waals surface area contributed by atoms with Crippen molar-refractivity contribution in [1.29, 1.82) is 0 Å². The second kappa shape index (κ2) is 4.94. The molecular formula is C13H16N2O2S. The lowest BCUT2D eigenvalue weighted by molar-refractivity contribution is 0.0770. The van der Waals surface area contributed by atoms with Gasteiger partial charge in [-0.15, -0.1) is 0 Å². The van der Waals surface area contributed by atoms with Gasteiger partial charge in [0.05, 0.1) is 11.0 Å². The van der Waals surface area contributed by atoms with Crippen molar-refractivity contribution in [2.75, 3.05) is 6.54 Å². The summed E-state index contributed by atoms with van der Waals surface area (Å²) in [6, 6.07) is 4.71. The monoisotopic (exact) mass is 264 g/mol. The molecule has 96 valence electrons. The Kier molecular flexibility index (Phi) is 3.52. The molecular weight excluding hydrogens is 248 g/mol. The number of carbonyl (C=O) groups is 1. The molecule has 1 atom stereocenters. The first-order valence-corrected chi connectivity index (χ1v) is 6.31. The predicted octanol–water partition coefficient (Wildman–Crippen LogP) is 1.59. The molecule has 1 unspecified atom stereocenters. The zero-order chi connectivity index (χ0) is 13.3. The number of nitrogens with two attached hydrogens (primary N) is 1. The van der Waals surface area contributed by atoms with Gasteiger partial charge in [-0.05, 0) is 43.5 Å². The third-order valence-electron chi connectivity index (χ3n) is 3.29. The van der Waals surface area contributed by atoms with E-state index in [1.54, 1.807) is 24.0 Å². The van der Waals surface area contributed by atoms with Crippen LogP contribution in [0.1, 0.15) is 28.8 Å². The molecule has 1 heterocycles. The van der Waals surface area contributed by atoms with Crippen molar-refractivity contribution in [3.63, 3.8) is 0 Å². The summed E-state index contributed by atoms with van der Waals surface area (Å²) in [5.41, 5.74) is 6.91. The zero-order valence-electron chi connectivity index (χ0n) is 10.2. The highest BCUT2D eigenvalue weighted by atomic mass is 32.1. The Bertz CT molecular complexity index is 502. The highest BCUT2D eigenvalue weighted by Crippen LogP contribution is 2.23. The van der Waals surface area contributed by atoms with Crippen molar-refractivity contribution in [2.45, 2.75) is 25.8 Å². The summed E-state index contributed by atoms with van der Waals surface area (Å²) in [6.07, 6.45) is 1.75. The van der Waals surface area contributed by atoms with Gasteiger partial charge in [-0.1, -0.05) is 12.2 Å². The number of nitrogens with zero attached hydrogens (tertiary/aromatic N) is 1. The summed E-state index contributed by atoms with van der Waals surface area (Å²) in [6.45, 7) is 2.45. The maximum absolute atomic E-state index is 12.4. The van der Waals surface area contributed by atoms with E-state index in [1.807, 2.05) is 0 Å². The molecule has 1 aromatic rings. The number of likely N-dealkylation sites (tertiary alicyclic amines) is 1. The number of amides is 1. The first kappa shape index (κ1) is 12.8. The van der Waals surface area contributed by atoms with Crippen LogP contribution in [0.3, 0.4) is 0 Å². The van der Waals surface area contributed by atoms with E-state index in [0.717, 1.165) is 12.8 Å². The molecule has 0 aliphatic carbocycles. The van der Waals surface area contributed by atoms with Gasteiger partial charge in [0.15, 0.2) is 0 Å². The number of aryl methyl sites for hydroxylation is 1. The average Bonchev–Trinajstić information content (AvgIpc) is 2.81. The van der Waals surface area contributed by atoms with Crippen molar-refractivity contribution in [3.8, 4) is 5.75 Å². The predicted molar refractivity (Wildman–Crippen MR) is 73.7 cm³/mol. The minimum absolute atomic E-state index is 0.0756. The minimum atomic E-state index is -0.137. The maximum atomic E-state index is 12.4. The van der Waals surface area contributed by atoms with Crippen LogP contribution in [0.15, 0.2) is 18.2 Å². The minimum Gasteiger partial charge on any atom is -0.508 e. The van der Waals surface area contributed by atoms with Crippen LogP contribution in [0.25, 0.3) is 0 Å². The van der Waals surface area contributed by atoms with Crippen LogP contribution in [0.4, 0.5) is 0 Å². The van der Waals surface area contributed by atoms with Crippen molar-refractivity contribution in [1.82, 2.24) is 4.90 Å². The summed E-state index contributed by atoms with van der Waals surface area (Å²) >= 11 is 4.99. The van der Waals surface area contributed by atoms with Crippen molar-refractivity contribution >= 4 is 23.1 Å². The van der Waals surface area contributed by atoms with Gasteiger partial charge in [-0.2, -0.15) is 0 Å². The Morgan fingerprint density at radius 3 is 2.89 bits per heavy atom. The van der Waals surface area contributed by atoms with E-state index in [0.29, 0.717) is 22.7 Å². The number of carbonyl (C=O) groups excluding carboxylic acids is 1. The average molecular weight is 264 g/mol. The van der Waals surface area contributed by atoms with Crippen LogP contribution in [-0.4, -0.2) is 33.5 Å². The van der Waals surface area contributed by atoms with Crippen LogP contribution in [0, 0.1) is 6.92 Å². The van der Waals surface area contributed by atoms with Gasteiger partial charge < -0.3 is 15.7 Å². The molecule has 0 saturated carbocycles. The molecule has 4 nitrogen and oxygen atoms in total. The number of phenols is 1. The van der Waals surface area contributed by atoms with Gasteiger partial charge in [0.1, 0.15) is 5.75 Å². The first-order chi connectivity index (χ1) is 8.50. The summed E-state index contributed by atoms with van der Waals surface area (Å²) in [5.74, 6) is 0.118. The highest BCUT2D eigenvalue weighted by Gasteiger charge is 2.31. The van der Waals surface area contributed by atoms with E-state index in [2.05, 4.69) is 0 Å². The Labute approximate surface area is 111 Å². The maximum Gasteiger partial charge on any atom is 0.254 e. The van der Waals surface area contributed by atoms with E-state index in [9.17, 15) is 9.90 Å². The highest BCUT2D eigenvalue weighted by molar-refractivity contribution is 7.80. The fraction of sp³-hybridized carbons (Fsp3) is 0.385. The van der Waals surface area contributed by atoms with Gasteiger partial charge in [0.25, 0.3) is 5.91 Å². The van der Waals surface area contributed by atoms with Crippen LogP contribution in [0.2, 0.25) is 0 Å². The Morgan fingerprint density at radius 2 is 2.28 bits per heavy atom. The molecule has 0 bridgehead atoms.